The molecule has 0 spiro atoms. The SMILES string of the molecule is CCCC1(c2nc(C3(C)CCCO3)no2)CCNC1. The Morgan fingerprint density at radius 3 is 2.89 bits per heavy atom. The van der Waals surface area contributed by atoms with Crippen LogP contribution in [0.2, 0.25) is 0 Å². The van der Waals surface area contributed by atoms with Crippen LogP contribution in [0, 0.1) is 0 Å². The van der Waals surface area contributed by atoms with E-state index in [0.717, 1.165) is 63.5 Å². The van der Waals surface area contributed by atoms with E-state index in [9.17, 15) is 0 Å². The van der Waals surface area contributed by atoms with Crippen molar-refractivity contribution in [1.29, 1.82) is 0 Å². The third-order valence-corrected chi connectivity index (χ3v) is 4.54. The second kappa shape index (κ2) is 4.87. The fourth-order valence-corrected chi connectivity index (χ4v) is 3.33. The maximum atomic E-state index is 5.79. The number of aromatic nitrogens is 2. The highest BCUT2D eigenvalue weighted by Crippen LogP contribution is 2.38. The Morgan fingerprint density at radius 1 is 1.37 bits per heavy atom. The van der Waals surface area contributed by atoms with Crippen LogP contribution in [0.4, 0.5) is 0 Å². The zero-order valence-electron chi connectivity index (χ0n) is 11.9. The Bertz CT molecular complexity index is 432. The quantitative estimate of drug-likeness (QED) is 0.903. The summed E-state index contributed by atoms with van der Waals surface area (Å²) in [7, 11) is 0. The minimum atomic E-state index is -0.346. The standard InChI is InChI=1S/C14H23N3O2/c1-3-5-14(7-8-15-10-14)12-16-11(17-19-12)13(2)6-4-9-18-13/h15H,3-10H2,1-2H3. The van der Waals surface area contributed by atoms with Crippen molar-refractivity contribution in [3.05, 3.63) is 11.7 Å². The molecule has 3 heterocycles. The van der Waals surface area contributed by atoms with E-state index in [2.05, 4.69) is 24.3 Å². The molecule has 2 aliphatic rings. The summed E-state index contributed by atoms with van der Waals surface area (Å²) in [4.78, 5) is 4.69. The monoisotopic (exact) mass is 265 g/mol. The minimum absolute atomic E-state index is 0.0367. The lowest BCUT2D eigenvalue weighted by Crippen LogP contribution is -2.30. The van der Waals surface area contributed by atoms with E-state index < -0.39 is 0 Å². The number of hydrogen-bond donors (Lipinski definition) is 1. The largest absolute Gasteiger partial charge is 0.367 e. The molecule has 0 aromatic carbocycles. The van der Waals surface area contributed by atoms with Crippen LogP contribution >= 0.6 is 0 Å². The molecule has 19 heavy (non-hydrogen) atoms. The number of nitrogens with zero attached hydrogens (tertiary/aromatic N) is 2. The fourth-order valence-electron chi connectivity index (χ4n) is 3.33. The van der Waals surface area contributed by atoms with E-state index in [1.807, 2.05) is 0 Å². The molecule has 2 fully saturated rings. The molecule has 106 valence electrons. The summed E-state index contributed by atoms with van der Waals surface area (Å²) in [5.74, 6) is 1.52. The van der Waals surface area contributed by atoms with E-state index in [1.54, 1.807) is 0 Å². The predicted molar refractivity (Wildman–Crippen MR) is 70.9 cm³/mol. The van der Waals surface area contributed by atoms with Gasteiger partial charge in [0.15, 0.2) is 0 Å². The molecule has 0 amide bonds. The summed E-state index contributed by atoms with van der Waals surface area (Å²) in [5.41, 5.74) is -0.309. The fraction of sp³-hybridized carbons (Fsp3) is 0.857. The Hall–Kier alpha value is -0.940. The number of ether oxygens (including phenoxy) is 1. The molecule has 5 nitrogen and oxygen atoms in total. The molecule has 2 saturated heterocycles. The van der Waals surface area contributed by atoms with Gasteiger partial charge in [0.1, 0.15) is 5.60 Å². The van der Waals surface area contributed by atoms with Crippen molar-refractivity contribution < 1.29 is 9.26 Å². The maximum absolute atomic E-state index is 5.79. The summed E-state index contributed by atoms with van der Waals surface area (Å²) < 4.78 is 11.4. The van der Waals surface area contributed by atoms with Gasteiger partial charge in [-0.1, -0.05) is 18.5 Å². The van der Waals surface area contributed by atoms with Crippen molar-refractivity contribution in [2.24, 2.45) is 0 Å². The number of hydrogen-bond acceptors (Lipinski definition) is 5. The Labute approximate surface area is 114 Å². The van der Waals surface area contributed by atoms with Gasteiger partial charge < -0.3 is 14.6 Å². The highest BCUT2D eigenvalue weighted by atomic mass is 16.5. The second-order valence-corrected chi connectivity index (χ2v) is 6.06. The van der Waals surface area contributed by atoms with Gasteiger partial charge in [-0.25, -0.2) is 0 Å². The van der Waals surface area contributed by atoms with E-state index >= 15 is 0 Å². The lowest BCUT2D eigenvalue weighted by Gasteiger charge is -2.23. The van der Waals surface area contributed by atoms with Gasteiger partial charge in [0, 0.05) is 13.2 Å². The van der Waals surface area contributed by atoms with Gasteiger partial charge in [0.05, 0.1) is 5.41 Å². The van der Waals surface area contributed by atoms with Crippen LogP contribution in [-0.4, -0.2) is 29.8 Å². The Kier molecular flexibility index (Phi) is 3.35. The van der Waals surface area contributed by atoms with Gasteiger partial charge in [-0.3, -0.25) is 0 Å². The van der Waals surface area contributed by atoms with Gasteiger partial charge in [-0.2, -0.15) is 4.98 Å². The van der Waals surface area contributed by atoms with Crippen molar-refractivity contribution in [3.8, 4) is 0 Å². The van der Waals surface area contributed by atoms with Crippen molar-refractivity contribution >= 4 is 0 Å². The minimum Gasteiger partial charge on any atom is -0.367 e. The van der Waals surface area contributed by atoms with Crippen LogP contribution < -0.4 is 5.32 Å². The van der Waals surface area contributed by atoms with E-state index in [1.165, 1.54) is 0 Å². The van der Waals surface area contributed by atoms with Crippen molar-refractivity contribution in [1.82, 2.24) is 15.5 Å². The average Bonchev–Trinajstić information content (AvgIpc) is 3.07. The second-order valence-electron chi connectivity index (χ2n) is 6.06. The van der Waals surface area contributed by atoms with Crippen LogP contribution in [-0.2, 0) is 15.8 Å². The normalized spacial score (nSPS) is 35.1. The van der Waals surface area contributed by atoms with Gasteiger partial charge in [-0.15, -0.1) is 0 Å². The summed E-state index contributed by atoms with van der Waals surface area (Å²) in [5, 5.41) is 7.63. The van der Waals surface area contributed by atoms with Crippen LogP contribution in [0.5, 0.6) is 0 Å². The van der Waals surface area contributed by atoms with E-state index in [0.29, 0.717) is 0 Å². The Balaban J connectivity index is 1.87. The number of rotatable bonds is 4. The molecule has 0 bridgehead atoms. The highest BCUT2D eigenvalue weighted by Gasteiger charge is 2.43. The first kappa shape index (κ1) is 13.1. The first-order valence-electron chi connectivity index (χ1n) is 7.38. The molecule has 2 atom stereocenters. The molecule has 2 aliphatic heterocycles. The molecule has 1 aromatic heterocycles. The maximum Gasteiger partial charge on any atom is 0.234 e. The van der Waals surface area contributed by atoms with Crippen LogP contribution in [0.15, 0.2) is 4.52 Å². The van der Waals surface area contributed by atoms with Crippen molar-refractivity contribution in [2.75, 3.05) is 19.7 Å². The lowest BCUT2D eigenvalue weighted by atomic mass is 9.82. The van der Waals surface area contributed by atoms with Crippen LogP contribution in [0.25, 0.3) is 0 Å². The van der Waals surface area contributed by atoms with Crippen molar-refractivity contribution in [2.45, 2.75) is 57.0 Å². The summed E-state index contributed by atoms with van der Waals surface area (Å²) in [6, 6.07) is 0. The van der Waals surface area contributed by atoms with Gasteiger partial charge in [0.2, 0.25) is 11.7 Å². The molecular weight excluding hydrogens is 242 g/mol. The molecule has 5 heteroatoms. The molecule has 0 saturated carbocycles. The van der Waals surface area contributed by atoms with Crippen LogP contribution in [0.3, 0.4) is 0 Å². The number of nitrogens with one attached hydrogen (secondary N) is 1. The third-order valence-electron chi connectivity index (χ3n) is 4.54. The first-order chi connectivity index (χ1) is 9.19. The van der Waals surface area contributed by atoms with Gasteiger partial charge >= 0.3 is 0 Å². The molecular formula is C14H23N3O2. The Morgan fingerprint density at radius 2 is 2.26 bits per heavy atom. The van der Waals surface area contributed by atoms with Gasteiger partial charge in [0.25, 0.3) is 0 Å². The summed E-state index contributed by atoms with van der Waals surface area (Å²) in [6.07, 6.45) is 5.36. The molecule has 0 aliphatic carbocycles. The van der Waals surface area contributed by atoms with Crippen LogP contribution in [0.1, 0.15) is 57.7 Å². The first-order valence-corrected chi connectivity index (χ1v) is 7.38. The highest BCUT2D eigenvalue weighted by molar-refractivity contribution is 5.12. The van der Waals surface area contributed by atoms with Crippen molar-refractivity contribution in [3.63, 3.8) is 0 Å². The predicted octanol–water partition coefficient (Wildman–Crippen LogP) is 2.13. The molecule has 1 N–H and O–H groups in total. The van der Waals surface area contributed by atoms with E-state index in [4.69, 9.17) is 14.2 Å². The lowest BCUT2D eigenvalue weighted by molar-refractivity contribution is 0.00768. The molecule has 1 aromatic rings. The average molecular weight is 265 g/mol. The summed E-state index contributed by atoms with van der Waals surface area (Å²) >= 11 is 0. The topological polar surface area (TPSA) is 60.2 Å². The summed E-state index contributed by atoms with van der Waals surface area (Å²) in [6.45, 7) is 7.04. The molecule has 3 rings (SSSR count). The van der Waals surface area contributed by atoms with Gasteiger partial charge in [-0.05, 0) is 39.2 Å². The zero-order chi connectivity index (χ0) is 13.3. The molecule has 2 unspecified atom stereocenters. The third kappa shape index (κ3) is 2.19. The smallest absolute Gasteiger partial charge is 0.234 e. The molecule has 0 radical (unpaired) electrons. The zero-order valence-corrected chi connectivity index (χ0v) is 11.9. The van der Waals surface area contributed by atoms with E-state index in [-0.39, 0.29) is 11.0 Å².